The Kier molecular flexibility index (Phi) is 5.43. The van der Waals surface area contributed by atoms with Crippen LogP contribution in [-0.2, 0) is 0 Å². The van der Waals surface area contributed by atoms with E-state index in [9.17, 15) is 19.7 Å². The minimum absolute atomic E-state index is 0. The lowest BCUT2D eigenvalue weighted by Crippen LogP contribution is -2.45. The number of imide groups is 1. The van der Waals surface area contributed by atoms with Gasteiger partial charge in [-0.25, -0.2) is 0 Å². The zero-order valence-corrected chi connectivity index (χ0v) is 15.5. The summed E-state index contributed by atoms with van der Waals surface area (Å²) < 4.78 is 0. The molecular weight excluding hydrogens is 370 g/mol. The lowest BCUT2D eigenvalue weighted by atomic mass is 9.93. The van der Waals surface area contributed by atoms with Crippen LogP contribution in [-0.4, -0.2) is 52.7 Å². The lowest BCUT2D eigenvalue weighted by Gasteiger charge is -2.31. The average Bonchev–Trinajstić information content (AvgIpc) is 2.66. The van der Waals surface area contributed by atoms with E-state index in [1.807, 2.05) is 0 Å². The summed E-state index contributed by atoms with van der Waals surface area (Å²) in [5.74, 6) is -0.765. The summed E-state index contributed by atoms with van der Waals surface area (Å²) in [4.78, 5) is 40.0. The number of rotatable bonds is 4. The highest BCUT2D eigenvalue weighted by Crippen LogP contribution is 2.33. The maximum Gasteiger partial charge on any atom is 0.270 e. The number of likely N-dealkylation sites (tertiary alicyclic amines) is 1. The van der Waals surface area contributed by atoms with Crippen LogP contribution in [0.25, 0.3) is 10.8 Å². The van der Waals surface area contributed by atoms with Gasteiger partial charge in [0.15, 0.2) is 0 Å². The van der Waals surface area contributed by atoms with Crippen LogP contribution >= 0.6 is 12.4 Å². The van der Waals surface area contributed by atoms with Gasteiger partial charge < -0.3 is 4.90 Å². The molecule has 1 saturated heterocycles. The minimum atomic E-state index is -0.510. The second kappa shape index (κ2) is 7.62. The Labute approximate surface area is 162 Å². The molecule has 0 spiro atoms. The molecule has 2 aliphatic heterocycles. The number of amides is 2. The third-order valence-electron chi connectivity index (χ3n) is 5.21. The quantitative estimate of drug-likeness (QED) is 0.455. The zero-order valence-electron chi connectivity index (χ0n) is 14.7. The first-order valence-corrected chi connectivity index (χ1v) is 8.86. The van der Waals surface area contributed by atoms with E-state index < -0.39 is 10.8 Å². The van der Waals surface area contributed by atoms with E-state index in [4.69, 9.17) is 0 Å². The van der Waals surface area contributed by atoms with E-state index >= 15 is 0 Å². The smallest absolute Gasteiger partial charge is 0.270 e. The number of nitro groups is 1. The molecule has 0 atom stereocenters. The number of benzene rings is 2. The summed E-state index contributed by atoms with van der Waals surface area (Å²) in [7, 11) is 0. The summed E-state index contributed by atoms with van der Waals surface area (Å²) in [5, 5.41) is 12.3. The fraction of sp³-hybridized carbons (Fsp3) is 0.368. The fourth-order valence-corrected chi connectivity index (χ4v) is 3.87. The molecule has 4 rings (SSSR count). The number of nitrogens with zero attached hydrogens (tertiary/aromatic N) is 3. The number of non-ortho nitro benzene ring substituents is 1. The highest BCUT2D eigenvalue weighted by molar-refractivity contribution is 6.25. The summed E-state index contributed by atoms with van der Waals surface area (Å²) >= 11 is 0. The number of hydrogen-bond donors (Lipinski definition) is 0. The molecule has 27 heavy (non-hydrogen) atoms. The van der Waals surface area contributed by atoms with E-state index in [1.54, 1.807) is 18.2 Å². The summed E-state index contributed by atoms with van der Waals surface area (Å²) in [6.07, 6.45) is 3.49. The van der Waals surface area contributed by atoms with Crippen LogP contribution in [0, 0.1) is 10.1 Å². The van der Waals surface area contributed by atoms with Gasteiger partial charge in [0.2, 0.25) is 0 Å². The molecule has 8 heteroatoms. The molecule has 2 aromatic carbocycles. The third kappa shape index (κ3) is 3.40. The van der Waals surface area contributed by atoms with E-state index in [-0.39, 0.29) is 29.6 Å². The van der Waals surface area contributed by atoms with Crippen LogP contribution < -0.4 is 0 Å². The van der Waals surface area contributed by atoms with Crippen LogP contribution in [0.3, 0.4) is 0 Å². The fourth-order valence-electron chi connectivity index (χ4n) is 3.87. The summed E-state index contributed by atoms with van der Waals surface area (Å²) in [5.41, 5.74) is 0.539. The van der Waals surface area contributed by atoms with Crippen LogP contribution in [0.4, 0.5) is 5.69 Å². The maximum atomic E-state index is 12.9. The Morgan fingerprint density at radius 2 is 1.67 bits per heavy atom. The topological polar surface area (TPSA) is 83.8 Å². The van der Waals surface area contributed by atoms with Crippen LogP contribution in [0.5, 0.6) is 0 Å². The maximum absolute atomic E-state index is 12.9. The summed E-state index contributed by atoms with van der Waals surface area (Å²) in [6.45, 7) is 2.90. The van der Waals surface area contributed by atoms with Gasteiger partial charge in [-0.05, 0) is 37.4 Å². The predicted molar refractivity (Wildman–Crippen MR) is 104 cm³/mol. The first-order chi connectivity index (χ1) is 12.6. The van der Waals surface area contributed by atoms with Crippen molar-refractivity contribution in [3.05, 3.63) is 51.6 Å². The van der Waals surface area contributed by atoms with Crippen molar-refractivity contribution < 1.29 is 14.5 Å². The molecule has 0 bridgehead atoms. The van der Waals surface area contributed by atoms with Crippen molar-refractivity contribution >= 4 is 40.7 Å². The molecule has 1 fully saturated rings. The van der Waals surface area contributed by atoms with Crippen molar-refractivity contribution in [3.8, 4) is 0 Å². The zero-order chi connectivity index (χ0) is 18.3. The number of hydrogen-bond acceptors (Lipinski definition) is 5. The molecule has 7 nitrogen and oxygen atoms in total. The molecule has 2 amide bonds. The van der Waals surface area contributed by atoms with E-state index in [0.717, 1.165) is 25.9 Å². The van der Waals surface area contributed by atoms with Crippen molar-refractivity contribution in [2.24, 2.45) is 0 Å². The predicted octanol–water partition coefficient (Wildman–Crippen LogP) is 3.25. The van der Waals surface area contributed by atoms with Crippen molar-refractivity contribution in [3.63, 3.8) is 0 Å². The van der Waals surface area contributed by atoms with Gasteiger partial charge in [0.25, 0.3) is 17.5 Å². The molecule has 0 radical (unpaired) electrons. The normalized spacial score (nSPS) is 17.1. The summed E-state index contributed by atoms with van der Waals surface area (Å²) in [6, 6.07) is 7.77. The van der Waals surface area contributed by atoms with Crippen molar-refractivity contribution in [2.75, 3.05) is 26.2 Å². The Balaban J connectivity index is 0.00000210. The SMILES string of the molecule is Cl.O=C1c2cccc3cc([N+](=O)[O-])cc(c23)C(=O)N1CCN1CCCCC1. The molecule has 0 aliphatic carbocycles. The molecule has 142 valence electrons. The van der Waals surface area contributed by atoms with Crippen LogP contribution in [0.15, 0.2) is 30.3 Å². The standard InChI is InChI=1S/C19H19N3O4.ClH/c23-18-15-6-4-5-13-11-14(22(25)26)12-16(17(13)15)19(24)21(18)10-9-20-7-2-1-3-8-20;/h4-6,11-12H,1-3,7-10H2;1H. The van der Waals surface area contributed by atoms with Crippen LogP contribution in [0.1, 0.15) is 40.0 Å². The molecule has 0 N–H and O–H groups in total. The van der Waals surface area contributed by atoms with Gasteiger partial charge in [0, 0.05) is 36.2 Å². The molecule has 2 aromatic rings. The number of piperidine rings is 1. The molecular formula is C19H20ClN3O4. The number of carbonyl (C=O) groups is 2. The largest absolute Gasteiger partial charge is 0.302 e. The molecule has 2 heterocycles. The van der Waals surface area contributed by atoms with Gasteiger partial charge >= 0.3 is 0 Å². The highest BCUT2D eigenvalue weighted by atomic mass is 35.5. The van der Waals surface area contributed by atoms with Gasteiger partial charge in [0.1, 0.15) is 0 Å². The monoisotopic (exact) mass is 389 g/mol. The number of nitro benzene ring substituents is 1. The van der Waals surface area contributed by atoms with Gasteiger partial charge in [-0.2, -0.15) is 0 Å². The first kappa shape index (κ1) is 19.3. The number of halogens is 1. The Bertz CT molecular complexity index is 925. The molecule has 0 unspecified atom stereocenters. The van der Waals surface area contributed by atoms with Gasteiger partial charge in [-0.3, -0.25) is 24.6 Å². The second-order valence-electron chi connectivity index (χ2n) is 6.82. The molecule has 0 aromatic heterocycles. The average molecular weight is 390 g/mol. The highest BCUT2D eigenvalue weighted by Gasteiger charge is 2.34. The second-order valence-corrected chi connectivity index (χ2v) is 6.82. The third-order valence-corrected chi connectivity index (χ3v) is 5.21. The molecule has 0 saturated carbocycles. The number of carbonyl (C=O) groups excluding carboxylic acids is 2. The van der Waals surface area contributed by atoms with E-state index in [0.29, 0.717) is 29.4 Å². The Morgan fingerprint density at radius 3 is 2.37 bits per heavy atom. The Hall–Kier alpha value is -2.51. The van der Waals surface area contributed by atoms with Crippen LogP contribution in [0.2, 0.25) is 0 Å². The van der Waals surface area contributed by atoms with Gasteiger partial charge in [-0.1, -0.05) is 18.6 Å². The van der Waals surface area contributed by atoms with E-state index in [2.05, 4.69) is 4.90 Å². The van der Waals surface area contributed by atoms with Crippen molar-refractivity contribution in [2.45, 2.75) is 19.3 Å². The van der Waals surface area contributed by atoms with E-state index in [1.165, 1.54) is 23.5 Å². The van der Waals surface area contributed by atoms with Gasteiger partial charge in [-0.15, -0.1) is 12.4 Å². The first-order valence-electron chi connectivity index (χ1n) is 8.86. The Morgan fingerprint density at radius 1 is 0.963 bits per heavy atom. The van der Waals surface area contributed by atoms with Crippen molar-refractivity contribution in [1.29, 1.82) is 0 Å². The lowest BCUT2D eigenvalue weighted by molar-refractivity contribution is -0.384. The minimum Gasteiger partial charge on any atom is -0.302 e. The molecule has 2 aliphatic rings. The van der Waals surface area contributed by atoms with Crippen molar-refractivity contribution in [1.82, 2.24) is 9.80 Å². The van der Waals surface area contributed by atoms with Gasteiger partial charge in [0.05, 0.1) is 10.5 Å².